The van der Waals surface area contributed by atoms with Crippen LogP contribution in [-0.2, 0) is 21.9 Å². The minimum atomic E-state index is -1.35. The van der Waals surface area contributed by atoms with Gasteiger partial charge in [0, 0.05) is 22.6 Å². The van der Waals surface area contributed by atoms with Crippen LogP contribution in [0.1, 0.15) is 28.9 Å². The Kier molecular flexibility index (Phi) is 5.43. The smallest absolute Gasteiger partial charge is 0.486 e. The second-order valence-electron chi connectivity index (χ2n) is 6.27. The predicted octanol–water partition coefficient (Wildman–Crippen LogP) is 1.84. The summed E-state index contributed by atoms with van der Waals surface area (Å²) in [5.41, 5.74) is 1.15. The number of nitrogens with zero attached hydrogens (tertiary/aromatic N) is 9. The Morgan fingerprint density at radius 2 is 1.38 bits per heavy atom. The molecule has 5 heterocycles. The second-order valence-corrected chi connectivity index (χ2v) is 6.27. The molecule has 0 unspecified atom stereocenters. The van der Waals surface area contributed by atoms with E-state index in [4.69, 9.17) is 6.57 Å². The van der Waals surface area contributed by atoms with E-state index < -0.39 is 11.7 Å². The summed E-state index contributed by atoms with van der Waals surface area (Å²) in [4.78, 5) is 49.0. The zero-order chi connectivity index (χ0) is 21.4. The molecule has 12 heteroatoms. The molecule has 0 aliphatic carbocycles. The van der Waals surface area contributed by atoms with Crippen molar-refractivity contribution < 1.29 is 27.0 Å². The third-order valence-corrected chi connectivity index (χ3v) is 4.13. The quantitative estimate of drug-likeness (QED) is 0.230. The first-order valence-corrected chi connectivity index (χ1v) is 8.84. The van der Waals surface area contributed by atoms with Gasteiger partial charge in [0.25, 0.3) is 5.70 Å². The molecule has 157 valence electrons. The van der Waals surface area contributed by atoms with Gasteiger partial charge in [-0.15, -0.1) is 0 Å². The van der Waals surface area contributed by atoms with E-state index in [2.05, 4.69) is 44.7 Å². The zero-order valence-electron chi connectivity index (χ0n) is 15.8. The number of rotatable bonds is 2. The van der Waals surface area contributed by atoms with Crippen LogP contribution in [0.2, 0.25) is 0 Å². The molecule has 0 fully saturated rings. The number of fused-ring (bicyclic) bond motifs is 8. The van der Waals surface area contributed by atoms with Gasteiger partial charge in [-0.25, -0.2) is 14.8 Å². The summed E-state index contributed by atoms with van der Waals surface area (Å²) in [5.74, 6) is 0.137. The van der Waals surface area contributed by atoms with Crippen LogP contribution in [0.25, 0.3) is 57.8 Å². The maximum atomic E-state index is 11.3. The van der Waals surface area contributed by atoms with Crippen molar-refractivity contribution in [2.24, 2.45) is 0 Å². The molecule has 0 spiro atoms. The van der Waals surface area contributed by atoms with E-state index in [1.807, 2.05) is 0 Å². The van der Waals surface area contributed by atoms with E-state index in [-0.39, 0.29) is 28.4 Å². The summed E-state index contributed by atoms with van der Waals surface area (Å²) in [6, 6.07) is 4.95. The normalized spacial score (nSPS) is 12.3. The molecule has 3 aromatic heterocycles. The van der Waals surface area contributed by atoms with E-state index in [1.165, 1.54) is 12.1 Å². The summed E-state index contributed by atoms with van der Waals surface area (Å²) in [7, 11) is 0. The van der Waals surface area contributed by atoms with Crippen molar-refractivity contribution >= 4 is 58.9 Å². The molecule has 0 amide bonds. The Balaban J connectivity index is 0.00000245. The summed E-state index contributed by atoms with van der Waals surface area (Å²) in [5, 5.41) is 9.19. The standard InChI is InChI=1S/C20H10N9O2.Cu/c1-21-11(20(30)31)8-10-9-18-27-16-5-4-14(25-16)23-12-2-3-13(22-12)24-15-6-7-17(26-15)28-19(10)29-18;/h2-9H,(H2-,22,23,24,25,26,27,28,29,30,31);/q-1;+2/p-1/b11-8-;. The molecular formula is C20H9CuN9O2. The summed E-state index contributed by atoms with van der Waals surface area (Å²) in [6.45, 7) is 7.08. The molecule has 0 saturated carbocycles. The Bertz CT molecular complexity index is 1540. The maximum Gasteiger partial charge on any atom is 2.00 e. The first-order valence-electron chi connectivity index (χ1n) is 8.84. The van der Waals surface area contributed by atoms with Crippen LogP contribution in [0, 0.1) is 6.57 Å². The molecule has 3 aromatic rings. The summed E-state index contributed by atoms with van der Waals surface area (Å²) >= 11 is 0. The van der Waals surface area contributed by atoms with Gasteiger partial charge in [0.05, 0.1) is 29.9 Å². The van der Waals surface area contributed by atoms with Gasteiger partial charge in [-0.05, 0) is 54.1 Å². The topological polar surface area (TPSA) is 147 Å². The van der Waals surface area contributed by atoms with Crippen molar-refractivity contribution in [2.45, 2.75) is 0 Å². The molecule has 2 aliphatic rings. The van der Waals surface area contributed by atoms with E-state index in [1.54, 1.807) is 36.4 Å². The Morgan fingerprint density at radius 3 is 1.91 bits per heavy atom. The van der Waals surface area contributed by atoms with Crippen LogP contribution in [0.5, 0.6) is 0 Å². The molecule has 2 aliphatic heterocycles. The first kappa shape index (κ1) is 20.8. The van der Waals surface area contributed by atoms with Gasteiger partial charge >= 0.3 is 23.0 Å². The van der Waals surface area contributed by atoms with Gasteiger partial charge in [0.15, 0.2) is 0 Å². The zero-order valence-corrected chi connectivity index (χ0v) is 16.7. The third-order valence-electron chi connectivity index (χ3n) is 4.13. The van der Waals surface area contributed by atoms with E-state index >= 15 is 0 Å². The summed E-state index contributed by atoms with van der Waals surface area (Å²) < 4.78 is 0. The Morgan fingerprint density at radius 1 is 0.844 bits per heavy atom. The van der Waals surface area contributed by atoms with E-state index in [9.17, 15) is 9.90 Å². The van der Waals surface area contributed by atoms with Gasteiger partial charge in [-0.1, -0.05) is 0 Å². The number of aromatic nitrogens is 8. The molecular weight excluding hydrogens is 462 g/mol. The summed E-state index contributed by atoms with van der Waals surface area (Å²) in [6.07, 6.45) is 7.85. The molecule has 11 nitrogen and oxygen atoms in total. The second kappa shape index (κ2) is 8.35. The van der Waals surface area contributed by atoms with Gasteiger partial charge in [0.1, 0.15) is 0 Å². The Hall–Kier alpha value is -4.46. The van der Waals surface area contributed by atoms with E-state index in [0.29, 0.717) is 40.2 Å². The van der Waals surface area contributed by atoms with Crippen molar-refractivity contribution in [3.63, 3.8) is 0 Å². The molecule has 8 bridgehead atoms. The minimum absolute atomic E-state index is 0. The maximum absolute atomic E-state index is 11.3. The largest absolute Gasteiger partial charge is 2.00 e. The average molecular weight is 471 g/mol. The fourth-order valence-corrected chi connectivity index (χ4v) is 2.81. The van der Waals surface area contributed by atoms with Crippen molar-refractivity contribution in [3.8, 4) is 0 Å². The van der Waals surface area contributed by atoms with Crippen molar-refractivity contribution in [1.82, 2.24) is 39.9 Å². The third kappa shape index (κ3) is 4.20. The van der Waals surface area contributed by atoms with Crippen molar-refractivity contribution in [2.75, 3.05) is 0 Å². The van der Waals surface area contributed by atoms with Crippen LogP contribution < -0.4 is 9.97 Å². The number of carboxylic acids is 1. The number of hydrogen-bond donors (Lipinski definition) is 1. The van der Waals surface area contributed by atoms with Gasteiger partial charge in [-0.3, -0.25) is 4.79 Å². The van der Waals surface area contributed by atoms with Gasteiger partial charge in [0.2, 0.25) is 0 Å². The van der Waals surface area contributed by atoms with E-state index in [0.717, 1.165) is 0 Å². The molecule has 0 saturated heterocycles. The molecule has 32 heavy (non-hydrogen) atoms. The van der Waals surface area contributed by atoms with Gasteiger partial charge in [-0.2, -0.15) is 0 Å². The van der Waals surface area contributed by atoms with Crippen LogP contribution in [-0.4, -0.2) is 41.0 Å². The van der Waals surface area contributed by atoms with Crippen LogP contribution in [0.15, 0.2) is 23.9 Å². The fraction of sp³-hybridized carbons (Fsp3) is 0. The van der Waals surface area contributed by atoms with Crippen LogP contribution in [0.4, 0.5) is 0 Å². The number of hydrogen-bond acceptors (Lipinski definition) is 7. The number of carboxylic acid groups (broad SMARTS) is 1. The first-order chi connectivity index (χ1) is 15.1. The predicted molar refractivity (Wildman–Crippen MR) is 110 cm³/mol. The molecule has 5 rings (SSSR count). The van der Waals surface area contributed by atoms with Crippen LogP contribution in [0.3, 0.4) is 0 Å². The molecule has 0 aromatic carbocycles. The SMILES string of the molecule is [C-]#[N+]/C(=C\c1cc2nc3nc(nc4ccc(nc5nc(nc1[n-]2)C=C5)[n-]4)C=C3)C(=O)O.[Cu+2]. The molecule has 0 atom stereocenters. The number of carbonyl (C=O) groups is 1. The Labute approximate surface area is 190 Å². The minimum Gasteiger partial charge on any atom is -0.486 e. The van der Waals surface area contributed by atoms with Crippen molar-refractivity contribution in [3.05, 3.63) is 64.2 Å². The van der Waals surface area contributed by atoms with Crippen molar-refractivity contribution in [1.29, 1.82) is 0 Å². The average Bonchev–Trinajstić information content (AvgIpc) is 3.51. The number of aliphatic carboxylic acids is 1. The molecule has 1 N–H and O–H groups in total. The fourth-order valence-electron chi connectivity index (χ4n) is 2.81. The van der Waals surface area contributed by atoms with Crippen LogP contribution >= 0.6 is 0 Å². The van der Waals surface area contributed by atoms with Gasteiger partial charge < -0.3 is 35.0 Å². The monoisotopic (exact) mass is 470 g/mol. The molecule has 1 radical (unpaired) electrons.